The number of methoxy groups -OCH3 is 1. The number of rotatable bonds is 2. The molecule has 0 aromatic rings. The Balaban J connectivity index is 2.19. The molecule has 2 nitrogen and oxygen atoms in total. The van der Waals surface area contributed by atoms with Gasteiger partial charge in [-0.1, -0.05) is 11.1 Å². The molecule has 2 aliphatic heterocycles. The normalized spacial score (nSPS) is 32.4. The molecule has 2 heteroatoms. The molecule has 0 aromatic heterocycles. The van der Waals surface area contributed by atoms with Crippen molar-refractivity contribution in [2.75, 3.05) is 26.8 Å². The standard InChI is InChI=1S/C12H21NO/c1-10(2)11-7-12(9-14-3)5-4-6-13(12)8-11/h4-9H2,1-3H3. The van der Waals surface area contributed by atoms with E-state index in [1.807, 2.05) is 7.11 Å². The highest BCUT2D eigenvalue weighted by atomic mass is 16.5. The van der Waals surface area contributed by atoms with Gasteiger partial charge in [-0.3, -0.25) is 4.90 Å². The summed E-state index contributed by atoms with van der Waals surface area (Å²) < 4.78 is 5.39. The number of hydrogen-bond donors (Lipinski definition) is 0. The zero-order chi connectivity index (χ0) is 10.2. The molecule has 14 heavy (non-hydrogen) atoms. The predicted octanol–water partition coefficient (Wildman–Crippen LogP) is 2.21. The number of fused-ring (bicyclic) bond motifs is 1. The molecule has 0 aliphatic carbocycles. The predicted molar refractivity (Wildman–Crippen MR) is 58.4 cm³/mol. The lowest BCUT2D eigenvalue weighted by molar-refractivity contribution is 0.0656. The number of hydrogen-bond acceptors (Lipinski definition) is 2. The van der Waals surface area contributed by atoms with E-state index in [9.17, 15) is 0 Å². The van der Waals surface area contributed by atoms with Crippen LogP contribution < -0.4 is 0 Å². The van der Waals surface area contributed by atoms with Crippen molar-refractivity contribution >= 4 is 0 Å². The molecular weight excluding hydrogens is 174 g/mol. The second-order valence-corrected chi connectivity index (χ2v) is 4.96. The van der Waals surface area contributed by atoms with E-state index in [1.165, 1.54) is 37.9 Å². The molecule has 2 saturated heterocycles. The molecule has 2 rings (SSSR count). The third kappa shape index (κ3) is 1.51. The fourth-order valence-electron chi connectivity index (χ4n) is 2.94. The van der Waals surface area contributed by atoms with Crippen LogP contribution in [-0.4, -0.2) is 37.2 Å². The van der Waals surface area contributed by atoms with Crippen LogP contribution in [0.4, 0.5) is 0 Å². The van der Waals surface area contributed by atoms with Crippen molar-refractivity contribution in [1.82, 2.24) is 4.90 Å². The number of allylic oxidation sites excluding steroid dienone is 1. The first kappa shape index (κ1) is 10.2. The largest absolute Gasteiger partial charge is 0.383 e. The van der Waals surface area contributed by atoms with Crippen molar-refractivity contribution in [2.24, 2.45) is 0 Å². The van der Waals surface area contributed by atoms with Gasteiger partial charge in [-0.2, -0.15) is 0 Å². The molecule has 0 saturated carbocycles. The summed E-state index contributed by atoms with van der Waals surface area (Å²) >= 11 is 0. The molecule has 80 valence electrons. The summed E-state index contributed by atoms with van der Waals surface area (Å²) in [5.74, 6) is 0. The van der Waals surface area contributed by atoms with Gasteiger partial charge in [0.15, 0.2) is 0 Å². The molecule has 2 aliphatic rings. The van der Waals surface area contributed by atoms with Crippen LogP contribution in [0.15, 0.2) is 11.1 Å². The SMILES string of the molecule is COCC12CCCN1CC(=C(C)C)C2. The van der Waals surface area contributed by atoms with Crippen LogP contribution in [0.3, 0.4) is 0 Å². The molecule has 0 aromatic carbocycles. The Morgan fingerprint density at radius 1 is 1.50 bits per heavy atom. The van der Waals surface area contributed by atoms with E-state index in [0.29, 0.717) is 5.54 Å². The minimum Gasteiger partial charge on any atom is -0.383 e. The molecule has 0 amide bonds. The highest BCUT2D eigenvalue weighted by Gasteiger charge is 2.46. The summed E-state index contributed by atoms with van der Waals surface area (Å²) in [5.41, 5.74) is 3.51. The van der Waals surface area contributed by atoms with Gasteiger partial charge in [0.25, 0.3) is 0 Å². The van der Waals surface area contributed by atoms with E-state index in [4.69, 9.17) is 4.74 Å². The highest BCUT2D eigenvalue weighted by molar-refractivity contribution is 5.24. The average Bonchev–Trinajstić information content (AvgIpc) is 2.60. The van der Waals surface area contributed by atoms with E-state index in [0.717, 1.165) is 6.61 Å². The van der Waals surface area contributed by atoms with Crippen LogP contribution in [0.25, 0.3) is 0 Å². The van der Waals surface area contributed by atoms with Crippen LogP contribution in [0.5, 0.6) is 0 Å². The van der Waals surface area contributed by atoms with Crippen molar-refractivity contribution in [3.63, 3.8) is 0 Å². The Bertz CT molecular complexity index is 255. The second-order valence-electron chi connectivity index (χ2n) is 4.96. The molecular formula is C12H21NO. The molecule has 0 radical (unpaired) electrons. The van der Waals surface area contributed by atoms with Gasteiger partial charge in [-0.05, 0) is 39.7 Å². The monoisotopic (exact) mass is 195 g/mol. The van der Waals surface area contributed by atoms with Crippen molar-refractivity contribution in [2.45, 2.75) is 38.6 Å². The molecule has 2 fully saturated rings. The Labute approximate surface area is 86.9 Å². The summed E-state index contributed by atoms with van der Waals surface area (Å²) in [5, 5.41) is 0. The summed E-state index contributed by atoms with van der Waals surface area (Å²) in [7, 11) is 1.83. The molecule has 0 N–H and O–H groups in total. The third-order valence-electron chi connectivity index (χ3n) is 3.79. The second kappa shape index (κ2) is 3.67. The summed E-state index contributed by atoms with van der Waals surface area (Å²) in [6.45, 7) is 7.83. The minimum absolute atomic E-state index is 0.362. The number of nitrogens with zero attached hydrogens (tertiary/aromatic N) is 1. The van der Waals surface area contributed by atoms with Gasteiger partial charge in [-0.15, -0.1) is 0 Å². The Morgan fingerprint density at radius 2 is 2.29 bits per heavy atom. The van der Waals surface area contributed by atoms with Gasteiger partial charge in [-0.25, -0.2) is 0 Å². The lowest BCUT2D eigenvalue weighted by Gasteiger charge is -2.30. The maximum Gasteiger partial charge on any atom is 0.0649 e. The maximum absolute atomic E-state index is 5.39. The lowest BCUT2D eigenvalue weighted by Crippen LogP contribution is -2.42. The van der Waals surface area contributed by atoms with Crippen LogP contribution in [0.2, 0.25) is 0 Å². The summed E-state index contributed by atoms with van der Waals surface area (Å²) in [6.07, 6.45) is 3.90. The smallest absolute Gasteiger partial charge is 0.0649 e. The average molecular weight is 195 g/mol. The van der Waals surface area contributed by atoms with Gasteiger partial charge in [0.1, 0.15) is 0 Å². The van der Waals surface area contributed by atoms with E-state index in [-0.39, 0.29) is 0 Å². The first-order valence-electron chi connectivity index (χ1n) is 5.57. The third-order valence-corrected chi connectivity index (χ3v) is 3.79. The van der Waals surface area contributed by atoms with Gasteiger partial charge < -0.3 is 4.74 Å². The van der Waals surface area contributed by atoms with E-state index in [1.54, 1.807) is 5.57 Å². The lowest BCUT2D eigenvalue weighted by atomic mass is 9.92. The first-order valence-corrected chi connectivity index (χ1v) is 5.57. The molecule has 0 spiro atoms. The highest BCUT2D eigenvalue weighted by Crippen LogP contribution is 2.42. The summed E-state index contributed by atoms with van der Waals surface area (Å²) in [6, 6.07) is 0. The van der Waals surface area contributed by atoms with Gasteiger partial charge in [0.05, 0.1) is 6.61 Å². The van der Waals surface area contributed by atoms with Crippen LogP contribution in [0.1, 0.15) is 33.1 Å². The first-order chi connectivity index (χ1) is 6.68. The zero-order valence-electron chi connectivity index (χ0n) is 9.60. The maximum atomic E-state index is 5.39. The Morgan fingerprint density at radius 3 is 2.93 bits per heavy atom. The topological polar surface area (TPSA) is 12.5 Å². The molecule has 1 atom stereocenters. The van der Waals surface area contributed by atoms with E-state index >= 15 is 0 Å². The van der Waals surface area contributed by atoms with Crippen LogP contribution in [0, 0.1) is 0 Å². The van der Waals surface area contributed by atoms with Crippen molar-refractivity contribution < 1.29 is 4.74 Å². The van der Waals surface area contributed by atoms with Gasteiger partial charge >= 0.3 is 0 Å². The van der Waals surface area contributed by atoms with Crippen LogP contribution in [-0.2, 0) is 4.74 Å². The summed E-state index contributed by atoms with van der Waals surface area (Å²) in [4.78, 5) is 2.62. The van der Waals surface area contributed by atoms with Crippen molar-refractivity contribution in [3.05, 3.63) is 11.1 Å². The molecule has 0 bridgehead atoms. The molecule has 2 heterocycles. The van der Waals surface area contributed by atoms with Crippen LogP contribution >= 0.6 is 0 Å². The fraction of sp³-hybridized carbons (Fsp3) is 0.833. The fourth-order valence-corrected chi connectivity index (χ4v) is 2.94. The quantitative estimate of drug-likeness (QED) is 0.626. The Kier molecular flexibility index (Phi) is 2.67. The number of ether oxygens (including phenoxy) is 1. The van der Waals surface area contributed by atoms with E-state index in [2.05, 4.69) is 18.7 Å². The van der Waals surface area contributed by atoms with E-state index < -0.39 is 0 Å². The van der Waals surface area contributed by atoms with Gasteiger partial charge in [0.2, 0.25) is 0 Å². The zero-order valence-corrected chi connectivity index (χ0v) is 9.60. The Hall–Kier alpha value is -0.340. The van der Waals surface area contributed by atoms with Crippen molar-refractivity contribution in [3.8, 4) is 0 Å². The van der Waals surface area contributed by atoms with Gasteiger partial charge in [0, 0.05) is 19.2 Å². The minimum atomic E-state index is 0.362. The molecule has 1 unspecified atom stereocenters. The van der Waals surface area contributed by atoms with Crippen molar-refractivity contribution in [1.29, 1.82) is 0 Å².